The lowest BCUT2D eigenvalue weighted by molar-refractivity contribution is -0.115. The number of amides is 1. The normalized spacial score (nSPS) is 13.6. The molecule has 2 N–H and O–H groups in total. The lowest BCUT2D eigenvalue weighted by Crippen LogP contribution is -2.16. The van der Waals surface area contributed by atoms with Crippen molar-refractivity contribution in [2.75, 3.05) is 12.4 Å². The smallest absolute Gasteiger partial charge is 0.336 e. The highest BCUT2D eigenvalue weighted by Gasteiger charge is 2.12. The minimum absolute atomic E-state index is 0.121. The molecule has 0 saturated heterocycles. The Morgan fingerprint density at radius 2 is 2.14 bits per heavy atom. The van der Waals surface area contributed by atoms with Gasteiger partial charge in [-0.25, -0.2) is 5.10 Å². The molecule has 1 aromatic heterocycles. The number of aromatic nitrogens is 3. The molecule has 0 bridgehead atoms. The van der Waals surface area contributed by atoms with Gasteiger partial charge in [0, 0.05) is 0 Å². The summed E-state index contributed by atoms with van der Waals surface area (Å²) in [6.07, 6.45) is 5.10. The van der Waals surface area contributed by atoms with Crippen molar-refractivity contribution in [3.05, 3.63) is 34.9 Å². The Balaban J connectivity index is 1.64. The van der Waals surface area contributed by atoms with E-state index in [2.05, 4.69) is 32.6 Å². The second kappa shape index (κ2) is 5.95. The first-order chi connectivity index (χ1) is 10.2. The standard InChI is InChI=1S/C15H18N4O2/c1-21-15-17-14(18-19-15)16-13(20)9-10-6-7-11-4-2-3-5-12(11)8-10/h6-8H,2-5,9H2,1H3,(H2,16,17,18,19,20). The molecule has 2 aromatic rings. The fourth-order valence-electron chi connectivity index (χ4n) is 2.65. The number of ether oxygens (including phenoxy) is 1. The molecular formula is C15H18N4O2. The monoisotopic (exact) mass is 286 g/mol. The van der Waals surface area contributed by atoms with Gasteiger partial charge in [-0.15, -0.1) is 5.10 Å². The van der Waals surface area contributed by atoms with Crippen LogP contribution in [0.2, 0.25) is 0 Å². The number of methoxy groups -OCH3 is 1. The van der Waals surface area contributed by atoms with Crippen LogP contribution in [-0.2, 0) is 24.1 Å². The van der Waals surface area contributed by atoms with Gasteiger partial charge in [-0.2, -0.15) is 4.98 Å². The van der Waals surface area contributed by atoms with Gasteiger partial charge in [0.25, 0.3) is 0 Å². The van der Waals surface area contributed by atoms with Crippen LogP contribution < -0.4 is 10.1 Å². The van der Waals surface area contributed by atoms with Crippen molar-refractivity contribution in [2.45, 2.75) is 32.1 Å². The number of nitrogens with one attached hydrogen (secondary N) is 2. The Kier molecular flexibility index (Phi) is 3.85. The van der Waals surface area contributed by atoms with Crippen molar-refractivity contribution in [3.63, 3.8) is 0 Å². The number of nitrogens with zero attached hydrogens (tertiary/aromatic N) is 2. The van der Waals surface area contributed by atoms with Crippen LogP contribution in [0.15, 0.2) is 18.2 Å². The zero-order valence-corrected chi connectivity index (χ0v) is 12.0. The fourth-order valence-corrected chi connectivity index (χ4v) is 2.65. The number of anilines is 1. The lowest BCUT2D eigenvalue weighted by atomic mass is 9.90. The first-order valence-electron chi connectivity index (χ1n) is 7.11. The summed E-state index contributed by atoms with van der Waals surface area (Å²) < 4.78 is 4.85. The summed E-state index contributed by atoms with van der Waals surface area (Å²) in [6.45, 7) is 0. The van der Waals surface area contributed by atoms with Gasteiger partial charge < -0.3 is 4.74 Å². The molecule has 0 unspecified atom stereocenters. The van der Waals surface area contributed by atoms with Gasteiger partial charge in [0.2, 0.25) is 11.9 Å². The number of fused-ring (bicyclic) bond motifs is 1. The fraction of sp³-hybridized carbons (Fsp3) is 0.400. The Labute approximate surface area is 122 Å². The number of rotatable bonds is 4. The van der Waals surface area contributed by atoms with Crippen molar-refractivity contribution in [2.24, 2.45) is 0 Å². The molecule has 0 radical (unpaired) electrons. The number of aryl methyl sites for hydroxylation is 2. The SMILES string of the molecule is COc1n[nH]c(NC(=O)Cc2ccc3c(c2)CCCC3)n1. The van der Waals surface area contributed by atoms with E-state index in [9.17, 15) is 4.79 Å². The molecule has 1 aromatic carbocycles. The summed E-state index contributed by atoms with van der Waals surface area (Å²) in [5.74, 6) is 0.180. The van der Waals surface area contributed by atoms with E-state index >= 15 is 0 Å². The summed E-state index contributed by atoms with van der Waals surface area (Å²) in [7, 11) is 1.47. The third-order valence-corrected chi connectivity index (χ3v) is 3.68. The molecule has 1 heterocycles. The van der Waals surface area contributed by atoms with Crippen molar-refractivity contribution in [1.29, 1.82) is 0 Å². The Hall–Kier alpha value is -2.37. The molecule has 0 fully saturated rings. The molecule has 3 rings (SSSR count). The van der Waals surface area contributed by atoms with Crippen LogP contribution >= 0.6 is 0 Å². The van der Waals surface area contributed by atoms with Crippen LogP contribution in [0.4, 0.5) is 5.95 Å². The Bertz CT molecular complexity index is 651. The zero-order chi connectivity index (χ0) is 14.7. The quantitative estimate of drug-likeness (QED) is 0.899. The third-order valence-electron chi connectivity index (χ3n) is 3.68. The number of aromatic amines is 1. The van der Waals surface area contributed by atoms with Gasteiger partial charge in [0.05, 0.1) is 13.5 Å². The highest BCUT2D eigenvalue weighted by molar-refractivity contribution is 5.90. The number of carbonyl (C=O) groups excluding carboxylic acids is 1. The average Bonchev–Trinajstić information content (AvgIpc) is 2.94. The van der Waals surface area contributed by atoms with Gasteiger partial charge in [-0.05, 0) is 42.4 Å². The summed E-state index contributed by atoms with van der Waals surface area (Å²) in [4.78, 5) is 16.0. The summed E-state index contributed by atoms with van der Waals surface area (Å²) in [5.41, 5.74) is 3.83. The first kappa shape index (κ1) is 13.6. The highest BCUT2D eigenvalue weighted by Crippen LogP contribution is 2.22. The van der Waals surface area contributed by atoms with Crippen LogP contribution in [-0.4, -0.2) is 28.2 Å². The maximum absolute atomic E-state index is 12.0. The largest absolute Gasteiger partial charge is 0.466 e. The van der Waals surface area contributed by atoms with Gasteiger partial charge in [0.1, 0.15) is 0 Å². The van der Waals surface area contributed by atoms with Crippen molar-refractivity contribution >= 4 is 11.9 Å². The van der Waals surface area contributed by atoms with Gasteiger partial charge in [-0.1, -0.05) is 18.2 Å². The minimum atomic E-state index is -0.121. The Morgan fingerprint density at radius 3 is 2.90 bits per heavy atom. The van der Waals surface area contributed by atoms with E-state index < -0.39 is 0 Å². The molecule has 1 aliphatic carbocycles. The van der Waals surface area contributed by atoms with Crippen molar-refractivity contribution in [1.82, 2.24) is 15.2 Å². The molecular weight excluding hydrogens is 268 g/mol. The summed E-state index contributed by atoms with van der Waals surface area (Å²) >= 11 is 0. The second-order valence-electron chi connectivity index (χ2n) is 5.21. The van der Waals surface area contributed by atoms with Gasteiger partial charge in [0.15, 0.2) is 0 Å². The lowest BCUT2D eigenvalue weighted by Gasteiger charge is -2.16. The summed E-state index contributed by atoms with van der Waals surface area (Å²) in [6, 6.07) is 6.54. The Morgan fingerprint density at radius 1 is 1.33 bits per heavy atom. The van der Waals surface area contributed by atoms with Crippen LogP contribution in [0.1, 0.15) is 29.5 Å². The molecule has 0 spiro atoms. The van der Waals surface area contributed by atoms with Gasteiger partial charge >= 0.3 is 6.01 Å². The molecule has 21 heavy (non-hydrogen) atoms. The average molecular weight is 286 g/mol. The summed E-state index contributed by atoms with van der Waals surface area (Å²) in [5, 5.41) is 9.06. The van der Waals surface area contributed by atoms with Crippen molar-refractivity contribution in [3.8, 4) is 6.01 Å². The molecule has 0 atom stereocenters. The van der Waals surface area contributed by atoms with E-state index in [0.717, 1.165) is 18.4 Å². The number of hydrogen-bond donors (Lipinski definition) is 2. The second-order valence-corrected chi connectivity index (χ2v) is 5.21. The first-order valence-corrected chi connectivity index (χ1v) is 7.11. The topological polar surface area (TPSA) is 79.9 Å². The van der Waals surface area contributed by atoms with E-state index in [4.69, 9.17) is 4.74 Å². The number of benzene rings is 1. The van der Waals surface area contributed by atoms with E-state index in [0.29, 0.717) is 12.4 Å². The molecule has 6 nitrogen and oxygen atoms in total. The van der Waals surface area contributed by atoms with E-state index in [1.807, 2.05) is 6.07 Å². The molecule has 1 aliphatic rings. The van der Waals surface area contributed by atoms with Crippen LogP contribution in [0.3, 0.4) is 0 Å². The van der Waals surface area contributed by atoms with E-state index in [1.54, 1.807) is 0 Å². The predicted octanol–water partition coefficient (Wildman–Crippen LogP) is 1.87. The molecule has 1 amide bonds. The number of hydrogen-bond acceptors (Lipinski definition) is 4. The van der Waals surface area contributed by atoms with E-state index in [-0.39, 0.29) is 11.9 Å². The van der Waals surface area contributed by atoms with Crippen molar-refractivity contribution < 1.29 is 9.53 Å². The van der Waals surface area contributed by atoms with Crippen LogP contribution in [0, 0.1) is 0 Å². The molecule has 0 aliphatic heterocycles. The zero-order valence-electron chi connectivity index (χ0n) is 12.0. The maximum Gasteiger partial charge on any atom is 0.336 e. The molecule has 110 valence electrons. The minimum Gasteiger partial charge on any atom is -0.466 e. The van der Waals surface area contributed by atoms with Gasteiger partial charge in [-0.3, -0.25) is 10.1 Å². The van der Waals surface area contributed by atoms with Crippen LogP contribution in [0.25, 0.3) is 0 Å². The van der Waals surface area contributed by atoms with Crippen LogP contribution in [0.5, 0.6) is 6.01 Å². The number of carbonyl (C=O) groups is 1. The maximum atomic E-state index is 12.0. The predicted molar refractivity (Wildman–Crippen MR) is 78.4 cm³/mol. The highest BCUT2D eigenvalue weighted by atomic mass is 16.5. The third kappa shape index (κ3) is 3.21. The molecule has 6 heteroatoms. The van der Waals surface area contributed by atoms with E-state index in [1.165, 1.54) is 31.1 Å². The number of H-pyrrole nitrogens is 1. The molecule has 0 saturated carbocycles.